The quantitative estimate of drug-likeness (QED) is 0.475. The Labute approximate surface area is 99.7 Å². The molecule has 0 radical (unpaired) electrons. The summed E-state index contributed by atoms with van der Waals surface area (Å²) in [5.41, 5.74) is 1.10. The number of carbonyl (C=O) groups is 1. The Hall–Kier alpha value is -2.15. The van der Waals surface area contributed by atoms with Crippen LogP contribution in [0.25, 0.3) is 21.5 Å². The minimum absolute atomic E-state index is 0.482. The SMILES string of the molecule is O=CCc1cccc2c1ccc1ccccc12. The van der Waals surface area contributed by atoms with Gasteiger partial charge in [-0.2, -0.15) is 0 Å². The van der Waals surface area contributed by atoms with Crippen LogP contribution in [0.1, 0.15) is 5.56 Å². The van der Waals surface area contributed by atoms with Crippen molar-refractivity contribution in [2.75, 3.05) is 0 Å². The van der Waals surface area contributed by atoms with E-state index in [1.807, 2.05) is 24.3 Å². The molecule has 0 saturated heterocycles. The zero-order valence-electron chi connectivity index (χ0n) is 9.39. The molecule has 0 aliphatic rings. The predicted molar refractivity (Wildman–Crippen MR) is 71.2 cm³/mol. The first kappa shape index (κ1) is 10.0. The molecule has 3 aromatic rings. The van der Waals surface area contributed by atoms with Crippen LogP contribution in [-0.2, 0) is 11.2 Å². The van der Waals surface area contributed by atoms with Gasteiger partial charge in [0.15, 0.2) is 0 Å². The standard InChI is InChI=1S/C16H12O/c17-11-10-13-5-3-7-16-14-6-2-1-4-12(14)8-9-15(13)16/h1-9,11H,10H2. The molecule has 0 unspecified atom stereocenters. The van der Waals surface area contributed by atoms with Crippen LogP contribution >= 0.6 is 0 Å². The summed E-state index contributed by atoms with van der Waals surface area (Å²) in [4.78, 5) is 10.7. The Bertz CT molecular complexity index is 698. The Morgan fingerprint density at radius 3 is 2.47 bits per heavy atom. The van der Waals surface area contributed by atoms with E-state index in [1.165, 1.54) is 21.5 Å². The van der Waals surface area contributed by atoms with Gasteiger partial charge in [-0.25, -0.2) is 0 Å². The van der Waals surface area contributed by atoms with E-state index in [0.29, 0.717) is 6.42 Å². The van der Waals surface area contributed by atoms with Crippen molar-refractivity contribution in [3.05, 3.63) is 60.2 Å². The molecule has 0 N–H and O–H groups in total. The van der Waals surface area contributed by atoms with Crippen molar-refractivity contribution < 1.29 is 4.79 Å². The molecule has 0 fully saturated rings. The Morgan fingerprint density at radius 2 is 1.59 bits per heavy atom. The lowest BCUT2D eigenvalue weighted by atomic mass is 9.97. The average molecular weight is 220 g/mol. The first-order chi connectivity index (χ1) is 8.40. The summed E-state index contributed by atoms with van der Waals surface area (Å²) in [6.45, 7) is 0. The van der Waals surface area contributed by atoms with Crippen molar-refractivity contribution in [3.63, 3.8) is 0 Å². The number of hydrogen-bond donors (Lipinski definition) is 0. The van der Waals surface area contributed by atoms with Crippen molar-refractivity contribution in [3.8, 4) is 0 Å². The summed E-state index contributed by atoms with van der Waals surface area (Å²) in [5.74, 6) is 0. The fourth-order valence-electron chi connectivity index (χ4n) is 2.37. The Morgan fingerprint density at radius 1 is 0.765 bits per heavy atom. The molecule has 3 aromatic carbocycles. The molecule has 0 amide bonds. The van der Waals surface area contributed by atoms with E-state index in [-0.39, 0.29) is 0 Å². The molecule has 82 valence electrons. The number of rotatable bonds is 2. The van der Waals surface area contributed by atoms with Crippen molar-refractivity contribution in [1.82, 2.24) is 0 Å². The third kappa shape index (κ3) is 1.60. The van der Waals surface area contributed by atoms with Gasteiger partial charge in [-0.05, 0) is 27.1 Å². The zero-order valence-corrected chi connectivity index (χ0v) is 9.39. The lowest BCUT2D eigenvalue weighted by Crippen LogP contribution is -1.88. The van der Waals surface area contributed by atoms with Gasteiger partial charge in [0.1, 0.15) is 6.29 Å². The van der Waals surface area contributed by atoms with E-state index in [4.69, 9.17) is 0 Å². The van der Waals surface area contributed by atoms with Crippen LogP contribution in [0.15, 0.2) is 54.6 Å². The normalized spacial score (nSPS) is 10.8. The molecule has 0 atom stereocenters. The highest BCUT2D eigenvalue weighted by Gasteiger charge is 2.03. The average Bonchev–Trinajstić information content (AvgIpc) is 2.39. The maximum Gasteiger partial charge on any atom is 0.124 e. The summed E-state index contributed by atoms with van der Waals surface area (Å²) in [7, 11) is 0. The van der Waals surface area contributed by atoms with E-state index in [9.17, 15) is 4.79 Å². The third-order valence-electron chi connectivity index (χ3n) is 3.18. The van der Waals surface area contributed by atoms with Crippen molar-refractivity contribution >= 4 is 27.8 Å². The number of benzene rings is 3. The largest absolute Gasteiger partial charge is 0.303 e. The van der Waals surface area contributed by atoms with E-state index >= 15 is 0 Å². The van der Waals surface area contributed by atoms with Crippen LogP contribution in [0, 0.1) is 0 Å². The fourth-order valence-corrected chi connectivity index (χ4v) is 2.37. The van der Waals surface area contributed by atoms with Crippen molar-refractivity contribution in [2.45, 2.75) is 6.42 Å². The lowest BCUT2D eigenvalue weighted by molar-refractivity contribution is -0.107. The maximum atomic E-state index is 10.7. The number of aldehydes is 1. The van der Waals surface area contributed by atoms with Crippen molar-refractivity contribution in [2.24, 2.45) is 0 Å². The van der Waals surface area contributed by atoms with E-state index in [1.54, 1.807) is 0 Å². The second-order valence-electron chi connectivity index (χ2n) is 4.17. The first-order valence-corrected chi connectivity index (χ1v) is 5.73. The topological polar surface area (TPSA) is 17.1 Å². The molecular weight excluding hydrogens is 208 g/mol. The predicted octanol–water partition coefficient (Wildman–Crippen LogP) is 3.73. The number of carbonyl (C=O) groups excluding carboxylic acids is 1. The van der Waals surface area contributed by atoms with Gasteiger partial charge in [-0.15, -0.1) is 0 Å². The van der Waals surface area contributed by atoms with E-state index < -0.39 is 0 Å². The second-order valence-corrected chi connectivity index (χ2v) is 4.17. The van der Waals surface area contributed by atoms with E-state index in [2.05, 4.69) is 30.3 Å². The molecule has 0 aliphatic heterocycles. The highest BCUT2D eigenvalue weighted by atomic mass is 16.1. The molecule has 0 bridgehead atoms. The zero-order chi connectivity index (χ0) is 11.7. The van der Waals surface area contributed by atoms with Crippen LogP contribution in [0.5, 0.6) is 0 Å². The lowest BCUT2D eigenvalue weighted by Gasteiger charge is -2.07. The molecule has 3 rings (SSSR count). The molecule has 0 saturated carbocycles. The van der Waals surface area contributed by atoms with Crippen LogP contribution in [0.3, 0.4) is 0 Å². The van der Waals surface area contributed by atoms with Crippen LogP contribution in [0.2, 0.25) is 0 Å². The van der Waals surface area contributed by atoms with Gasteiger partial charge >= 0.3 is 0 Å². The van der Waals surface area contributed by atoms with Crippen LogP contribution < -0.4 is 0 Å². The van der Waals surface area contributed by atoms with Gasteiger partial charge in [0.25, 0.3) is 0 Å². The minimum atomic E-state index is 0.482. The summed E-state index contributed by atoms with van der Waals surface area (Å²) < 4.78 is 0. The van der Waals surface area contributed by atoms with Gasteiger partial charge in [-0.3, -0.25) is 0 Å². The van der Waals surface area contributed by atoms with Gasteiger partial charge in [0.2, 0.25) is 0 Å². The van der Waals surface area contributed by atoms with E-state index in [0.717, 1.165) is 11.8 Å². The maximum absolute atomic E-state index is 10.7. The monoisotopic (exact) mass is 220 g/mol. The molecule has 1 heteroatoms. The van der Waals surface area contributed by atoms with Gasteiger partial charge in [0, 0.05) is 6.42 Å². The number of fused-ring (bicyclic) bond motifs is 3. The molecule has 0 heterocycles. The number of hydrogen-bond acceptors (Lipinski definition) is 1. The molecule has 17 heavy (non-hydrogen) atoms. The van der Waals surface area contributed by atoms with Gasteiger partial charge in [-0.1, -0.05) is 54.6 Å². The minimum Gasteiger partial charge on any atom is -0.303 e. The molecular formula is C16H12O. The highest BCUT2D eigenvalue weighted by molar-refractivity contribution is 6.08. The van der Waals surface area contributed by atoms with Crippen molar-refractivity contribution in [1.29, 1.82) is 0 Å². The molecule has 0 aromatic heterocycles. The summed E-state index contributed by atoms with van der Waals surface area (Å²) >= 11 is 0. The van der Waals surface area contributed by atoms with Crippen LogP contribution in [0.4, 0.5) is 0 Å². The van der Waals surface area contributed by atoms with Gasteiger partial charge < -0.3 is 4.79 Å². The fraction of sp³-hybridized carbons (Fsp3) is 0.0625. The molecule has 0 spiro atoms. The molecule has 1 nitrogen and oxygen atoms in total. The molecule has 0 aliphatic carbocycles. The summed E-state index contributed by atoms with van der Waals surface area (Å²) in [6, 6.07) is 18.7. The summed E-state index contributed by atoms with van der Waals surface area (Å²) in [5, 5.41) is 4.89. The Kier molecular flexibility index (Phi) is 2.37. The second kappa shape index (κ2) is 4.02. The van der Waals surface area contributed by atoms with Gasteiger partial charge in [0.05, 0.1) is 0 Å². The van der Waals surface area contributed by atoms with Crippen LogP contribution in [-0.4, -0.2) is 6.29 Å². The first-order valence-electron chi connectivity index (χ1n) is 5.73. The highest BCUT2D eigenvalue weighted by Crippen LogP contribution is 2.27. The summed E-state index contributed by atoms with van der Waals surface area (Å²) in [6.07, 6.45) is 1.44. The Balaban J connectivity index is 2.43. The third-order valence-corrected chi connectivity index (χ3v) is 3.18. The smallest absolute Gasteiger partial charge is 0.124 e.